The number of aromatic nitrogens is 1. The summed E-state index contributed by atoms with van der Waals surface area (Å²) in [4.78, 5) is 4.07. The van der Waals surface area contributed by atoms with Crippen LogP contribution < -0.4 is 14.8 Å². The van der Waals surface area contributed by atoms with Crippen LogP contribution in [0.15, 0.2) is 36.5 Å². The van der Waals surface area contributed by atoms with Crippen molar-refractivity contribution in [2.45, 2.75) is 13.2 Å². The summed E-state index contributed by atoms with van der Waals surface area (Å²) in [5, 5.41) is 2.97. The van der Waals surface area contributed by atoms with Crippen molar-refractivity contribution in [3.05, 3.63) is 53.5 Å². The Morgan fingerprint density at radius 1 is 1.30 bits per heavy atom. The molecule has 0 bridgehead atoms. The van der Waals surface area contributed by atoms with Gasteiger partial charge in [-0.25, -0.2) is 9.37 Å². The van der Waals surface area contributed by atoms with Gasteiger partial charge in [-0.3, -0.25) is 0 Å². The molecule has 0 atom stereocenters. The van der Waals surface area contributed by atoms with Crippen LogP contribution in [0.3, 0.4) is 0 Å². The highest BCUT2D eigenvalue weighted by Crippen LogP contribution is 2.21. The molecule has 0 amide bonds. The molecule has 0 aliphatic carbocycles. The third kappa shape index (κ3) is 3.45. The molecule has 0 unspecified atom stereocenters. The zero-order valence-corrected chi connectivity index (χ0v) is 11.5. The maximum Gasteiger partial charge on any atom is 0.219 e. The third-order valence-corrected chi connectivity index (χ3v) is 2.80. The fourth-order valence-corrected chi connectivity index (χ4v) is 1.85. The average molecular weight is 276 g/mol. The van der Waals surface area contributed by atoms with Crippen LogP contribution in [0.1, 0.15) is 11.1 Å². The smallest absolute Gasteiger partial charge is 0.219 e. The number of nitrogens with one attached hydrogen (secondary N) is 1. The van der Waals surface area contributed by atoms with Crippen molar-refractivity contribution in [2.75, 3.05) is 14.2 Å². The summed E-state index contributed by atoms with van der Waals surface area (Å²) < 4.78 is 24.5. The first-order chi connectivity index (χ1) is 9.74. The van der Waals surface area contributed by atoms with Crippen LogP contribution in [0, 0.1) is 5.82 Å². The van der Waals surface area contributed by atoms with Crippen LogP contribution in [-0.4, -0.2) is 19.1 Å². The Kier molecular flexibility index (Phi) is 4.90. The minimum Gasteiger partial charge on any atom is -0.486 e. The zero-order valence-electron chi connectivity index (χ0n) is 11.5. The summed E-state index contributed by atoms with van der Waals surface area (Å²) in [6, 6.07) is 8.54. The molecule has 1 heterocycles. The molecule has 0 spiro atoms. The van der Waals surface area contributed by atoms with Crippen molar-refractivity contribution in [1.82, 2.24) is 10.3 Å². The lowest BCUT2D eigenvalue weighted by Crippen LogP contribution is -2.06. The predicted molar refractivity (Wildman–Crippen MR) is 74.3 cm³/mol. The molecule has 0 saturated carbocycles. The second-order valence-corrected chi connectivity index (χ2v) is 4.26. The van der Waals surface area contributed by atoms with E-state index in [1.165, 1.54) is 6.07 Å². The molecule has 1 aromatic heterocycles. The van der Waals surface area contributed by atoms with Gasteiger partial charge in [-0.1, -0.05) is 6.07 Å². The van der Waals surface area contributed by atoms with Crippen LogP contribution >= 0.6 is 0 Å². The average Bonchev–Trinajstić information content (AvgIpc) is 2.47. The van der Waals surface area contributed by atoms with Crippen LogP contribution in [-0.2, 0) is 13.2 Å². The van der Waals surface area contributed by atoms with Gasteiger partial charge in [0.1, 0.15) is 6.61 Å². The van der Waals surface area contributed by atoms with E-state index in [2.05, 4.69) is 10.3 Å². The Morgan fingerprint density at radius 3 is 2.85 bits per heavy atom. The molecule has 5 heteroatoms. The third-order valence-electron chi connectivity index (χ3n) is 2.80. The first kappa shape index (κ1) is 14.3. The molecule has 4 nitrogen and oxygen atoms in total. The van der Waals surface area contributed by atoms with Crippen molar-refractivity contribution in [1.29, 1.82) is 0 Å². The van der Waals surface area contributed by atoms with E-state index in [1.54, 1.807) is 25.4 Å². The summed E-state index contributed by atoms with van der Waals surface area (Å²) in [7, 11) is 3.36. The predicted octanol–water partition coefficient (Wildman–Crippen LogP) is 2.53. The number of benzene rings is 1. The lowest BCUT2D eigenvalue weighted by atomic mass is 10.2. The Hall–Kier alpha value is -2.14. The molecule has 0 aliphatic heterocycles. The Bertz CT molecular complexity index is 576. The summed E-state index contributed by atoms with van der Waals surface area (Å²) in [5.41, 5.74) is 1.64. The van der Waals surface area contributed by atoms with Crippen molar-refractivity contribution in [3.63, 3.8) is 0 Å². The van der Waals surface area contributed by atoms with Gasteiger partial charge in [-0.05, 0) is 36.9 Å². The number of pyridine rings is 1. The number of nitrogens with zero attached hydrogens (tertiary/aromatic N) is 1. The molecule has 0 radical (unpaired) electrons. The summed E-state index contributed by atoms with van der Waals surface area (Å²) in [6.45, 7) is 0.826. The largest absolute Gasteiger partial charge is 0.486 e. The lowest BCUT2D eigenvalue weighted by molar-refractivity contribution is 0.280. The maximum atomic E-state index is 13.9. The Balaban J connectivity index is 2.07. The minimum absolute atomic E-state index is 0.208. The highest BCUT2D eigenvalue weighted by Gasteiger charge is 2.08. The number of rotatable bonds is 6. The van der Waals surface area contributed by atoms with Crippen LogP contribution in [0.4, 0.5) is 4.39 Å². The normalized spacial score (nSPS) is 10.3. The van der Waals surface area contributed by atoms with Gasteiger partial charge in [0.15, 0.2) is 11.6 Å². The van der Waals surface area contributed by atoms with Gasteiger partial charge in [-0.2, -0.15) is 0 Å². The molecule has 2 rings (SSSR count). The molecular weight excluding hydrogens is 259 g/mol. The van der Waals surface area contributed by atoms with Gasteiger partial charge < -0.3 is 14.8 Å². The van der Waals surface area contributed by atoms with Crippen molar-refractivity contribution < 1.29 is 13.9 Å². The highest BCUT2D eigenvalue weighted by atomic mass is 19.1. The number of hydrogen-bond acceptors (Lipinski definition) is 4. The number of halogens is 1. The van der Waals surface area contributed by atoms with Gasteiger partial charge in [0.05, 0.1) is 12.7 Å². The second kappa shape index (κ2) is 6.86. The van der Waals surface area contributed by atoms with Gasteiger partial charge in [0.2, 0.25) is 5.88 Å². The Labute approximate surface area is 117 Å². The summed E-state index contributed by atoms with van der Waals surface area (Å²) in [6.07, 6.45) is 1.63. The van der Waals surface area contributed by atoms with Gasteiger partial charge in [0, 0.05) is 12.7 Å². The van der Waals surface area contributed by atoms with Crippen LogP contribution in [0.5, 0.6) is 11.6 Å². The fraction of sp³-hybridized carbons (Fsp3) is 0.267. The zero-order chi connectivity index (χ0) is 14.4. The van der Waals surface area contributed by atoms with Crippen LogP contribution in [0.2, 0.25) is 0 Å². The van der Waals surface area contributed by atoms with Gasteiger partial charge in [-0.15, -0.1) is 0 Å². The monoisotopic (exact) mass is 276 g/mol. The first-order valence-corrected chi connectivity index (χ1v) is 6.28. The van der Waals surface area contributed by atoms with Gasteiger partial charge in [0.25, 0.3) is 0 Å². The second-order valence-electron chi connectivity index (χ2n) is 4.26. The SMILES string of the molecule is CNCc1ccc(OCc2cccnc2OC)c(F)c1. The maximum absolute atomic E-state index is 13.9. The molecule has 0 aliphatic rings. The fourth-order valence-electron chi connectivity index (χ4n) is 1.85. The molecule has 1 aromatic carbocycles. The number of ether oxygens (including phenoxy) is 2. The Morgan fingerprint density at radius 2 is 2.15 bits per heavy atom. The van der Waals surface area contributed by atoms with E-state index in [-0.39, 0.29) is 18.2 Å². The van der Waals surface area contributed by atoms with Crippen molar-refractivity contribution in [2.24, 2.45) is 0 Å². The van der Waals surface area contributed by atoms with E-state index < -0.39 is 0 Å². The minimum atomic E-state index is -0.374. The molecular formula is C15H17FN2O2. The molecule has 106 valence electrons. The molecule has 1 N–H and O–H groups in total. The standard InChI is InChI=1S/C15H17FN2O2/c1-17-9-11-5-6-14(13(16)8-11)20-10-12-4-3-7-18-15(12)19-2/h3-8,17H,9-10H2,1-2H3. The number of methoxy groups -OCH3 is 1. The molecule has 20 heavy (non-hydrogen) atoms. The lowest BCUT2D eigenvalue weighted by Gasteiger charge is -2.10. The van der Waals surface area contributed by atoms with E-state index >= 15 is 0 Å². The topological polar surface area (TPSA) is 43.4 Å². The van der Waals surface area contributed by atoms with E-state index in [9.17, 15) is 4.39 Å². The summed E-state index contributed by atoms with van der Waals surface area (Å²) in [5.74, 6) is 0.330. The molecule has 0 fully saturated rings. The van der Waals surface area contributed by atoms with Crippen molar-refractivity contribution in [3.8, 4) is 11.6 Å². The van der Waals surface area contributed by atoms with Gasteiger partial charge >= 0.3 is 0 Å². The van der Waals surface area contributed by atoms with E-state index in [0.717, 1.165) is 11.1 Å². The summed E-state index contributed by atoms with van der Waals surface area (Å²) >= 11 is 0. The number of hydrogen-bond donors (Lipinski definition) is 1. The van der Waals surface area contributed by atoms with Crippen LogP contribution in [0.25, 0.3) is 0 Å². The highest BCUT2D eigenvalue weighted by molar-refractivity contribution is 5.30. The van der Waals surface area contributed by atoms with E-state index in [1.807, 2.05) is 19.2 Å². The first-order valence-electron chi connectivity index (χ1n) is 6.28. The van der Waals surface area contributed by atoms with E-state index in [0.29, 0.717) is 12.4 Å². The van der Waals surface area contributed by atoms with E-state index in [4.69, 9.17) is 9.47 Å². The van der Waals surface area contributed by atoms with Crippen molar-refractivity contribution >= 4 is 0 Å². The quantitative estimate of drug-likeness (QED) is 0.880. The molecule has 2 aromatic rings. The molecule has 0 saturated heterocycles.